The monoisotopic (exact) mass is 215 g/mol. The molecule has 0 aliphatic heterocycles. The summed E-state index contributed by atoms with van der Waals surface area (Å²) >= 11 is 1.77. The van der Waals surface area contributed by atoms with Gasteiger partial charge in [-0.15, -0.1) is 23.7 Å². The second-order valence-corrected chi connectivity index (χ2v) is 4.77. The molecule has 0 saturated carbocycles. The van der Waals surface area contributed by atoms with Gasteiger partial charge < -0.3 is 0 Å². The summed E-state index contributed by atoms with van der Waals surface area (Å²) in [6.45, 7) is 4.23. The van der Waals surface area contributed by atoms with Gasteiger partial charge in [-0.1, -0.05) is 12.1 Å². The Hall–Kier alpha value is -1.33. The minimum atomic E-state index is 0.776. The van der Waals surface area contributed by atoms with Crippen LogP contribution in [0.5, 0.6) is 0 Å². The molecule has 0 atom stereocenters. The van der Waals surface area contributed by atoms with Crippen LogP contribution in [0.2, 0.25) is 0 Å². The topological polar surface area (TPSA) is 12.9 Å². The summed E-state index contributed by atoms with van der Waals surface area (Å²) in [6, 6.07) is 4.28. The summed E-state index contributed by atoms with van der Waals surface area (Å²) in [5.41, 5.74) is 3.70. The first-order valence-corrected chi connectivity index (χ1v) is 5.83. The van der Waals surface area contributed by atoms with Crippen molar-refractivity contribution in [1.29, 1.82) is 0 Å². The number of nitrogens with zero attached hydrogens (tertiary/aromatic N) is 1. The van der Waals surface area contributed by atoms with Crippen molar-refractivity contribution in [3.63, 3.8) is 0 Å². The molecule has 2 aromatic rings. The van der Waals surface area contributed by atoms with Gasteiger partial charge in [0.25, 0.3) is 0 Å². The normalized spacial score (nSPS) is 10.5. The Bertz CT molecular complexity index is 492. The third kappa shape index (κ3) is 1.88. The zero-order chi connectivity index (χ0) is 10.8. The summed E-state index contributed by atoms with van der Waals surface area (Å²) < 4.78 is 1.31. The maximum atomic E-state index is 5.26. The minimum Gasteiger partial charge on any atom is -0.241 e. The Balaban J connectivity index is 2.51. The molecule has 1 heterocycles. The van der Waals surface area contributed by atoms with E-state index in [0.29, 0.717) is 0 Å². The van der Waals surface area contributed by atoms with E-state index in [0.717, 1.165) is 23.4 Å². The molecule has 0 N–H and O–H groups in total. The quantitative estimate of drug-likeness (QED) is 0.699. The lowest BCUT2D eigenvalue weighted by Crippen LogP contribution is -1.82. The van der Waals surface area contributed by atoms with Crippen LogP contribution in [0.1, 0.15) is 22.6 Å². The van der Waals surface area contributed by atoms with Gasteiger partial charge in [0.05, 0.1) is 15.2 Å². The van der Waals surface area contributed by atoms with E-state index in [2.05, 4.69) is 36.9 Å². The molecule has 0 spiro atoms. The van der Waals surface area contributed by atoms with Crippen LogP contribution in [0.25, 0.3) is 10.2 Å². The highest BCUT2D eigenvalue weighted by atomic mass is 32.1. The van der Waals surface area contributed by atoms with Gasteiger partial charge >= 0.3 is 0 Å². The molecule has 0 radical (unpaired) electrons. The molecule has 2 heteroatoms. The van der Waals surface area contributed by atoms with Crippen LogP contribution in [0, 0.1) is 26.2 Å². The Kier molecular flexibility index (Phi) is 2.75. The molecule has 0 saturated heterocycles. The van der Waals surface area contributed by atoms with Crippen molar-refractivity contribution in [3.8, 4) is 12.3 Å². The van der Waals surface area contributed by atoms with Gasteiger partial charge in [0.2, 0.25) is 0 Å². The summed E-state index contributed by atoms with van der Waals surface area (Å²) in [7, 11) is 0. The van der Waals surface area contributed by atoms with Crippen LogP contribution in [0.3, 0.4) is 0 Å². The van der Waals surface area contributed by atoms with Crippen LogP contribution < -0.4 is 0 Å². The lowest BCUT2D eigenvalue weighted by atomic mass is 10.1. The lowest BCUT2D eigenvalue weighted by Gasteiger charge is -1.96. The van der Waals surface area contributed by atoms with Gasteiger partial charge in [-0.2, -0.15) is 0 Å². The fraction of sp³-hybridized carbons (Fsp3) is 0.308. The van der Waals surface area contributed by atoms with Crippen molar-refractivity contribution in [1.82, 2.24) is 4.98 Å². The maximum absolute atomic E-state index is 5.26. The molecular weight excluding hydrogens is 202 g/mol. The summed E-state index contributed by atoms with van der Waals surface area (Å²) in [4.78, 5) is 4.63. The molecule has 0 aliphatic rings. The molecule has 0 unspecified atom stereocenters. The third-order valence-corrected chi connectivity index (χ3v) is 3.72. The smallest absolute Gasteiger partial charge is 0.0948 e. The summed E-state index contributed by atoms with van der Waals surface area (Å²) in [6.07, 6.45) is 6.93. The van der Waals surface area contributed by atoms with Crippen molar-refractivity contribution >= 4 is 21.6 Å². The van der Waals surface area contributed by atoms with Crippen molar-refractivity contribution in [2.75, 3.05) is 0 Å². The predicted molar refractivity (Wildman–Crippen MR) is 66.2 cm³/mol. The van der Waals surface area contributed by atoms with Crippen LogP contribution >= 0.6 is 11.3 Å². The number of hydrogen-bond acceptors (Lipinski definition) is 2. The van der Waals surface area contributed by atoms with Gasteiger partial charge in [-0.25, -0.2) is 4.98 Å². The number of aryl methyl sites for hydroxylation is 3. The number of thiazole rings is 1. The number of hydrogen-bond donors (Lipinski definition) is 0. The average Bonchev–Trinajstić information content (AvgIpc) is 2.66. The molecule has 0 fully saturated rings. The highest BCUT2D eigenvalue weighted by Gasteiger charge is 2.07. The fourth-order valence-electron chi connectivity index (χ4n) is 1.59. The van der Waals surface area contributed by atoms with E-state index in [-0.39, 0.29) is 0 Å². The number of terminal acetylenes is 1. The Labute approximate surface area is 94.2 Å². The van der Waals surface area contributed by atoms with Crippen molar-refractivity contribution in [2.45, 2.75) is 26.7 Å². The third-order valence-electron chi connectivity index (χ3n) is 2.47. The first kappa shape index (κ1) is 10.2. The first-order chi connectivity index (χ1) is 7.22. The van der Waals surface area contributed by atoms with Crippen molar-refractivity contribution in [3.05, 3.63) is 28.3 Å². The molecule has 0 aliphatic carbocycles. The van der Waals surface area contributed by atoms with Crippen LogP contribution in [-0.4, -0.2) is 4.98 Å². The largest absolute Gasteiger partial charge is 0.241 e. The van der Waals surface area contributed by atoms with Gasteiger partial charge in [-0.05, 0) is 25.0 Å². The minimum absolute atomic E-state index is 0.776. The van der Waals surface area contributed by atoms with Gasteiger partial charge in [0, 0.05) is 12.8 Å². The van der Waals surface area contributed by atoms with Crippen LogP contribution in [0.4, 0.5) is 0 Å². The number of rotatable bonds is 2. The maximum Gasteiger partial charge on any atom is 0.0948 e. The molecule has 1 aromatic carbocycles. The van der Waals surface area contributed by atoms with Crippen LogP contribution in [0.15, 0.2) is 12.1 Å². The molecule has 15 heavy (non-hydrogen) atoms. The van der Waals surface area contributed by atoms with E-state index in [1.54, 1.807) is 11.3 Å². The average molecular weight is 215 g/mol. The van der Waals surface area contributed by atoms with Gasteiger partial charge in [0.1, 0.15) is 0 Å². The second-order valence-electron chi connectivity index (χ2n) is 3.69. The Morgan fingerprint density at radius 2 is 2.07 bits per heavy atom. The van der Waals surface area contributed by atoms with E-state index in [1.165, 1.54) is 15.8 Å². The number of benzene rings is 1. The van der Waals surface area contributed by atoms with E-state index >= 15 is 0 Å². The number of aromatic nitrogens is 1. The SMILES string of the molecule is C#CCCc1nc2c(C)ccc(C)c2s1. The Morgan fingerprint density at radius 3 is 2.73 bits per heavy atom. The highest BCUT2D eigenvalue weighted by molar-refractivity contribution is 7.18. The van der Waals surface area contributed by atoms with Gasteiger partial charge in [0.15, 0.2) is 0 Å². The van der Waals surface area contributed by atoms with Crippen molar-refractivity contribution in [2.24, 2.45) is 0 Å². The molecule has 2 rings (SSSR count). The molecule has 0 bridgehead atoms. The predicted octanol–water partition coefficient (Wildman–Crippen LogP) is 3.48. The van der Waals surface area contributed by atoms with E-state index in [4.69, 9.17) is 6.42 Å². The molecule has 1 aromatic heterocycles. The van der Waals surface area contributed by atoms with E-state index in [9.17, 15) is 0 Å². The molecule has 0 amide bonds. The molecular formula is C13H13NS. The highest BCUT2D eigenvalue weighted by Crippen LogP contribution is 2.28. The number of fused-ring (bicyclic) bond motifs is 1. The van der Waals surface area contributed by atoms with Crippen LogP contribution in [-0.2, 0) is 6.42 Å². The summed E-state index contributed by atoms with van der Waals surface area (Å²) in [5, 5.41) is 1.15. The zero-order valence-electron chi connectivity index (χ0n) is 9.00. The molecule has 1 nitrogen and oxygen atoms in total. The van der Waals surface area contributed by atoms with E-state index < -0.39 is 0 Å². The van der Waals surface area contributed by atoms with Gasteiger partial charge in [-0.3, -0.25) is 0 Å². The molecule has 76 valence electrons. The zero-order valence-corrected chi connectivity index (χ0v) is 9.82. The Morgan fingerprint density at radius 1 is 1.33 bits per heavy atom. The lowest BCUT2D eigenvalue weighted by molar-refractivity contribution is 1.01. The summed E-state index contributed by atoms with van der Waals surface area (Å²) in [5.74, 6) is 2.66. The fourth-order valence-corrected chi connectivity index (χ4v) is 2.70. The first-order valence-electron chi connectivity index (χ1n) is 5.01. The van der Waals surface area contributed by atoms with E-state index in [1.807, 2.05) is 0 Å². The second kappa shape index (κ2) is 4.04. The standard InChI is InChI=1S/C13H13NS/c1-4-5-6-11-14-12-9(2)7-8-10(3)13(12)15-11/h1,7-8H,5-6H2,2-3H3. The van der Waals surface area contributed by atoms with Crippen molar-refractivity contribution < 1.29 is 0 Å².